The quantitative estimate of drug-likeness (QED) is 0.145. The summed E-state index contributed by atoms with van der Waals surface area (Å²) in [5, 5.41) is 6.78. The lowest BCUT2D eigenvalue weighted by Gasteiger charge is -2.27. The highest BCUT2D eigenvalue weighted by Crippen LogP contribution is 2.39. The van der Waals surface area contributed by atoms with Crippen LogP contribution in [-0.2, 0) is 23.2 Å². The molecule has 1 unspecified atom stereocenters. The molecule has 4 heterocycles. The first-order valence-electron chi connectivity index (χ1n) is 17.1. The lowest BCUT2D eigenvalue weighted by Crippen LogP contribution is -2.54. The second-order valence-electron chi connectivity index (χ2n) is 13.1. The van der Waals surface area contributed by atoms with E-state index >= 15 is 0 Å². The summed E-state index contributed by atoms with van der Waals surface area (Å²) in [5.74, 6) is 0.0332. The number of hydrogen-bond donors (Lipinski definition) is 2. The number of carbonyl (C=O) groups excluding carboxylic acids is 4. The Morgan fingerprint density at radius 3 is 2.42 bits per heavy atom. The molecule has 0 bridgehead atoms. The van der Waals surface area contributed by atoms with Crippen molar-refractivity contribution in [3.8, 4) is 28.4 Å². The molecule has 52 heavy (non-hydrogen) atoms. The highest BCUT2D eigenvalue weighted by molar-refractivity contribution is 6.24. The number of ether oxygens (including phenoxy) is 3. The number of anilines is 1. The number of fused-ring (bicyclic) bond motifs is 2. The molecule has 0 radical (unpaired) electrons. The molecular formula is C38H42N6O8. The number of amides is 4. The Morgan fingerprint density at radius 2 is 1.69 bits per heavy atom. The zero-order valence-corrected chi connectivity index (χ0v) is 29.9. The molecule has 272 valence electrons. The molecule has 0 aliphatic carbocycles. The van der Waals surface area contributed by atoms with Gasteiger partial charge < -0.3 is 29.0 Å². The maximum Gasteiger partial charge on any atom is 0.266 e. The number of imide groups is 2. The van der Waals surface area contributed by atoms with Gasteiger partial charge in [-0.15, -0.1) is 0 Å². The largest absolute Gasteiger partial charge is 0.496 e. The number of benzene rings is 2. The second kappa shape index (κ2) is 15.2. The van der Waals surface area contributed by atoms with Gasteiger partial charge in [-0.3, -0.25) is 34.2 Å². The van der Waals surface area contributed by atoms with E-state index in [-0.39, 0.29) is 35.3 Å². The van der Waals surface area contributed by atoms with Gasteiger partial charge in [0.05, 0.1) is 37.3 Å². The maximum absolute atomic E-state index is 13.3. The van der Waals surface area contributed by atoms with E-state index in [9.17, 15) is 24.0 Å². The van der Waals surface area contributed by atoms with Crippen molar-refractivity contribution in [3.05, 3.63) is 75.8 Å². The van der Waals surface area contributed by atoms with E-state index in [1.165, 1.54) is 6.07 Å². The fourth-order valence-corrected chi connectivity index (χ4v) is 6.71. The van der Waals surface area contributed by atoms with E-state index in [0.29, 0.717) is 48.8 Å². The molecule has 6 rings (SSSR count). The van der Waals surface area contributed by atoms with Crippen molar-refractivity contribution < 1.29 is 33.4 Å². The Labute approximate surface area is 300 Å². The molecule has 4 amide bonds. The third kappa shape index (κ3) is 7.06. The number of methoxy groups -OCH3 is 2. The fraction of sp³-hybridized carbons (Fsp3) is 0.368. The zero-order valence-electron chi connectivity index (χ0n) is 29.9. The van der Waals surface area contributed by atoms with Crippen LogP contribution in [0.1, 0.15) is 58.4 Å². The standard InChI is InChI=1S/C38H42N6O8/c1-42(2)20-22-16-31(51-5)25(17-30(22)50-4)27-21-43(3)36(47)26-19-40-32(18-24(26)27)39-14-7-6-8-15-52-29-11-9-10-23-34(29)38(49)44(37(23)48)28-12-13-33(45)41-35(28)46/h9-11,16-19,21,28H,6-8,12-15,20H2,1-5H3,(H,39,40)(H,41,45,46). The number of aryl methyl sites for hydroxylation is 1. The monoisotopic (exact) mass is 710 g/mol. The number of piperidine rings is 1. The van der Waals surface area contributed by atoms with E-state index in [0.717, 1.165) is 39.8 Å². The van der Waals surface area contributed by atoms with Crippen molar-refractivity contribution >= 4 is 40.2 Å². The molecule has 1 saturated heterocycles. The highest BCUT2D eigenvalue weighted by atomic mass is 16.5. The number of aromatic nitrogens is 2. The topological polar surface area (TPSA) is 161 Å². The summed E-state index contributed by atoms with van der Waals surface area (Å²) in [6.45, 7) is 1.59. The Kier molecular flexibility index (Phi) is 10.6. The predicted molar refractivity (Wildman–Crippen MR) is 194 cm³/mol. The normalized spacial score (nSPS) is 15.7. The molecule has 2 aromatic heterocycles. The molecule has 2 aliphatic rings. The molecular weight excluding hydrogens is 668 g/mol. The van der Waals surface area contributed by atoms with Crippen LogP contribution in [0.25, 0.3) is 21.9 Å². The highest BCUT2D eigenvalue weighted by Gasteiger charge is 2.46. The van der Waals surface area contributed by atoms with Gasteiger partial charge in [0.25, 0.3) is 17.4 Å². The molecule has 2 aromatic carbocycles. The lowest BCUT2D eigenvalue weighted by molar-refractivity contribution is -0.136. The minimum absolute atomic E-state index is 0.0523. The van der Waals surface area contributed by atoms with Crippen LogP contribution >= 0.6 is 0 Å². The number of nitrogens with zero attached hydrogens (tertiary/aromatic N) is 4. The first-order chi connectivity index (χ1) is 25.0. The summed E-state index contributed by atoms with van der Waals surface area (Å²) in [4.78, 5) is 71.0. The van der Waals surface area contributed by atoms with E-state index in [2.05, 4.69) is 20.5 Å². The smallest absolute Gasteiger partial charge is 0.266 e. The third-order valence-electron chi connectivity index (χ3n) is 9.26. The summed E-state index contributed by atoms with van der Waals surface area (Å²) >= 11 is 0. The second-order valence-corrected chi connectivity index (χ2v) is 13.1. The van der Waals surface area contributed by atoms with Crippen molar-refractivity contribution in [3.63, 3.8) is 0 Å². The summed E-state index contributed by atoms with van der Waals surface area (Å²) in [5.41, 5.74) is 2.73. The van der Waals surface area contributed by atoms with Crippen molar-refractivity contribution in [2.75, 3.05) is 46.8 Å². The Morgan fingerprint density at radius 1 is 0.904 bits per heavy atom. The molecule has 2 aliphatic heterocycles. The molecule has 4 aromatic rings. The van der Waals surface area contributed by atoms with Crippen molar-refractivity contribution in [2.45, 2.75) is 44.7 Å². The fourth-order valence-electron chi connectivity index (χ4n) is 6.71. The van der Waals surface area contributed by atoms with E-state index in [1.54, 1.807) is 50.4 Å². The van der Waals surface area contributed by atoms with Gasteiger partial charge in [0.1, 0.15) is 29.1 Å². The van der Waals surface area contributed by atoms with Crippen molar-refractivity contribution in [1.82, 2.24) is 24.7 Å². The Hall–Kier alpha value is -5.76. The van der Waals surface area contributed by atoms with Gasteiger partial charge in [0.15, 0.2) is 0 Å². The van der Waals surface area contributed by atoms with Gasteiger partial charge >= 0.3 is 0 Å². The number of rotatable bonds is 14. The SMILES string of the molecule is COc1cc(-c2cn(C)c(=O)c3cnc(NCCCCCOc4cccc5c4C(=O)N(C4CCC(=O)NC4=O)C5=O)cc23)c(OC)cc1CN(C)C. The van der Waals surface area contributed by atoms with Crippen LogP contribution in [0.5, 0.6) is 17.2 Å². The summed E-state index contributed by atoms with van der Waals surface area (Å²) in [6.07, 6.45) is 5.80. The first kappa shape index (κ1) is 36.0. The molecule has 14 nitrogen and oxygen atoms in total. The Balaban J connectivity index is 1.09. The molecule has 14 heteroatoms. The Bertz CT molecular complexity index is 2130. The van der Waals surface area contributed by atoms with Gasteiger partial charge in [-0.05, 0) is 70.1 Å². The summed E-state index contributed by atoms with van der Waals surface area (Å²) in [6, 6.07) is 9.56. The minimum atomic E-state index is -1.04. The lowest BCUT2D eigenvalue weighted by atomic mass is 9.98. The molecule has 0 spiro atoms. The molecule has 0 saturated carbocycles. The van der Waals surface area contributed by atoms with Crippen LogP contribution in [-0.4, -0.2) is 90.5 Å². The van der Waals surface area contributed by atoms with Gasteiger partial charge in [-0.25, -0.2) is 4.98 Å². The van der Waals surface area contributed by atoms with Gasteiger partial charge in [0.2, 0.25) is 11.8 Å². The van der Waals surface area contributed by atoms with Crippen LogP contribution in [0.15, 0.2) is 53.6 Å². The van der Waals surface area contributed by atoms with E-state index in [4.69, 9.17) is 14.2 Å². The molecule has 2 N–H and O–H groups in total. The van der Waals surface area contributed by atoms with Crippen molar-refractivity contribution in [1.29, 1.82) is 0 Å². The average Bonchev–Trinajstić information content (AvgIpc) is 3.38. The molecule has 1 fully saturated rings. The van der Waals surface area contributed by atoms with Crippen LogP contribution in [0.3, 0.4) is 0 Å². The number of nitrogens with one attached hydrogen (secondary N) is 2. The number of unbranched alkanes of at least 4 members (excludes halogenated alkanes) is 2. The number of pyridine rings is 2. The molecule has 1 atom stereocenters. The van der Waals surface area contributed by atoms with Crippen LogP contribution in [0.2, 0.25) is 0 Å². The third-order valence-corrected chi connectivity index (χ3v) is 9.26. The van der Waals surface area contributed by atoms with Gasteiger partial charge in [0, 0.05) is 61.0 Å². The van der Waals surface area contributed by atoms with E-state index < -0.39 is 29.7 Å². The first-order valence-corrected chi connectivity index (χ1v) is 17.1. The zero-order chi connectivity index (χ0) is 37.1. The van der Waals surface area contributed by atoms with Gasteiger partial charge in [-0.2, -0.15) is 0 Å². The maximum atomic E-state index is 13.3. The summed E-state index contributed by atoms with van der Waals surface area (Å²) < 4.78 is 19.1. The van der Waals surface area contributed by atoms with Gasteiger partial charge in [-0.1, -0.05) is 6.07 Å². The summed E-state index contributed by atoms with van der Waals surface area (Å²) in [7, 11) is 8.94. The number of hydrogen-bond acceptors (Lipinski definition) is 11. The van der Waals surface area contributed by atoms with Crippen molar-refractivity contribution in [2.24, 2.45) is 7.05 Å². The average molecular weight is 711 g/mol. The van der Waals surface area contributed by atoms with Crippen LogP contribution < -0.4 is 30.4 Å². The predicted octanol–water partition coefficient (Wildman–Crippen LogP) is 3.74. The minimum Gasteiger partial charge on any atom is -0.496 e. The van der Waals surface area contributed by atoms with Crippen LogP contribution in [0, 0.1) is 0 Å². The van der Waals surface area contributed by atoms with Crippen LogP contribution in [0.4, 0.5) is 5.82 Å². The number of carbonyl (C=O) groups is 4. The van der Waals surface area contributed by atoms with E-state index in [1.807, 2.05) is 32.3 Å².